The number of ether oxygens (including phenoxy) is 1. The van der Waals surface area contributed by atoms with Gasteiger partial charge in [0.05, 0.1) is 11.8 Å². The third-order valence-corrected chi connectivity index (χ3v) is 6.45. The normalized spacial score (nSPS) is 29.8. The first-order valence-electron chi connectivity index (χ1n) is 9.20. The fourth-order valence-corrected chi connectivity index (χ4v) is 5.02. The number of likely N-dealkylation sites (tertiary alicyclic amines) is 1. The first kappa shape index (κ1) is 18.2. The van der Waals surface area contributed by atoms with Crippen molar-refractivity contribution in [2.45, 2.75) is 32.2 Å². The van der Waals surface area contributed by atoms with Crippen LogP contribution in [-0.2, 0) is 19.1 Å². The molecule has 0 aromatic heterocycles. The Bertz CT molecular complexity index is 792. The fourth-order valence-electron chi connectivity index (χ4n) is 4.90. The number of hydrogen-bond acceptors (Lipinski definition) is 5. The van der Waals surface area contributed by atoms with Crippen LogP contribution in [0.1, 0.15) is 36.5 Å². The van der Waals surface area contributed by atoms with Crippen LogP contribution in [0.3, 0.4) is 0 Å². The van der Waals surface area contributed by atoms with Crippen molar-refractivity contribution >= 4 is 35.2 Å². The molecule has 1 aliphatic heterocycles. The van der Waals surface area contributed by atoms with Crippen molar-refractivity contribution in [3.63, 3.8) is 0 Å². The highest BCUT2D eigenvalue weighted by atomic mass is 35.5. The van der Waals surface area contributed by atoms with Gasteiger partial charge in [0.25, 0.3) is 0 Å². The van der Waals surface area contributed by atoms with E-state index in [9.17, 15) is 19.2 Å². The summed E-state index contributed by atoms with van der Waals surface area (Å²) in [5.74, 6) is -1.67. The van der Waals surface area contributed by atoms with E-state index in [2.05, 4.69) is 0 Å². The van der Waals surface area contributed by atoms with Crippen molar-refractivity contribution in [1.29, 1.82) is 0 Å². The van der Waals surface area contributed by atoms with E-state index >= 15 is 0 Å². The predicted octanol–water partition coefficient (Wildman–Crippen LogP) is 2.49. The number of imide groups is 1. The molecular formula is C20H20ClNO5. The van der Waals surface area contributed by atoms with Crippen molar-refractivity contribution < 1.29 is 23.9 Å². The van der Waals surface area contributed by atoms with Crippen molar-refractivity contribution in [2.75, 3.05) is 6.61 Å². The topological polar surface area (TPSA) is 80.8 Å². The van der Waals surface area contributed by atoms with Crippen molar-refractivity contribution in [1.82, 2.24) is 4.90 Å². The molecule has 2 aliphatic carbocycles. The summed E-state index contributed by atoms with van der Waals surface area (Å²) in [6, 6.07) is 5.23. The van der Waals surface area contributed by atoms with Gasteiger partial charge in [-0.2, -0.15) is 0 Å². The smallest absolute Gasteiger partial charge is 0.329 e. The number of ketones is 1. The monoisotopic (exact) mass is 389 g/mol. The predicted molar refractivity (Wildman–Crippen MR) is 95.9 cm³/mol. The zero-order valence-corrected chi connectivity index (χ0v) is 15.6. The number of amides is 2. The lowest BCUT2D eigenvalue weighted by Crippen LogP contribution is -2.45. The van der Waals surface area contributed by atoms with E-state index in [1.165, 1.54) is 6.92 Å². The minimum atomic E-state index is -1.02. The molecule has 1 saturated heterocycles. The molecule has 7 heteroatoms. The van der Waals surface area contributed by atoms with Crippen LogP contribution in [0.25, 0.3) is 0 Å². The first-order valence-corrected chi connectivity index (χ1v) is 9.58. The van der Waals surface area contributed by atoms with Crippen molar-refractivity contribution in [3.8, 4) is 0 Å². The van der Waals surface area contributed by atoms with Gasteiger partial charge in [-0.15, -0.1) is 0 Å². The molecule has 1 heterocycles. The molecule has 2 amide bonds. The summed E-state index contributed by atoms with van der Waals surface area (Å²) in [7, 11) is 0. The largest absolute Gasteiger partial charge is 0.456 e. The van der Waals surface area contributed by atoms with E-state index in [1.54, 1.807) is 24.3 Å². The van der Waals surface area contributed by atoms with Crippen LogP contribution in [0.15, 0.2) is 24.3 Å². The third kappa shape index (κ3) is 2.96. The summed E-state index contributed by atoms with van der Waals surface area (Å²) in [6.07, 6.45) is 2.90. The third-order valence-electron chi connectivity index (χ3n) is 6.20. The number of nitrogens with zero attached hydrogens (tertiary/aromatic N) is 1. The Hall–Kier alpha value is -2.21. The van der Waals surface area contributed by atoms with Gasteiger partial charge in [-0.1, -0.05) is 11.6 Å². The Balaban J connectivity index is 1.39. The number of Topliss-reactive ketones (excluding diaryl/α,β-unsaturated/α-hetero) is 1. The molecule has 27 heavy (non-hydrogen) atoms. The maximum atomic E-state index is 12.7. The zero-order chi connectivity index (χ0) is 19.3. The molecule has 2 saturated carbocycles. The summed E-state index contributed by atoms with van der Waals surface area (Å²) in [4.78, 5) is 51.0. The maximum Gasteiger partial charge on any atom is 0.329 e. The molecule has 0 radical (unpaired) electrons. The quantitative estimate of drug-likeness (QED) is 0.439. The minimum absolute atomic E-state index is 0.259. The van der Waals surface area contributed by atoms with Crippen LogP contribution >= 0.6 is 11.6 Å². The Morgan fingerprint density at radius 1 is 1.11 bits per heavy atom. The standard InChI is InChI=1S/C20H20ClNO5/c1-10(20(26)27-9-15(23)11-4-6-14(21)7-5-11)22-18(24)16-12-2-3-13(8-12)17(16)19(22)25/h4-7,10,12-13,16-17H,2-3,8-9H2,1H3/t10-,12+,13+,16-,17-/m1/s1. The van der Waals surface area contributed by atoms with E-state index in [0.717, 1.165) is 24.2 Å². The number of hydrogen-bond donors (Lipinski definition) is 0. The van der Waals surface area contributed by atoms with Crippen LogP contribution in [0, 0.1) is 23.7 Å². The fraction of sp³-hybridized carbons (Fsp3) is 0.500. The highest BCUT2D eigenvalue weighted by Gasteiger charge is 2.62. The molecule has 0 N–H and O–H groups in total. The molecule has 0 spiro atoms. The number of fused-ring (bicyclic) bond motifs is 5. The molecule has 1 aromatic rings. The molecule has 142 valence electrons. The van der Waals surface area contributed by atoms with Gasteiger partial charge in [-0.3, -0.25) is 19.3 Å². The van der Waals surface area contributed by atoms with Gasteiger partial charge in [0.2, 0.25) is 11.8 Å². The lowest BCUT2D eigenvalue weighted by atomic mass is 9.81. The van der Waals surface area contributed by atoms with Crippen LogP contribution in [0.2, 0.25) is 5.02 Å². The molecule has 5 atom stereocenters. The van der Waals surface area contributed by atoms with Gasteiger partial charge in [0.15, 0.2) is 12.4 Å². The lowest BCUT2D eigenvalue weighted by Gasteiger charge is -2.22. The Labute approximate surface area is 161 Å². The van der Waals surface area contributed by atoms with Crippen LogP contribution in [-0.4, -0.2) is 41.1 Å². The summed E-state index contributed by atoms with van der Waals surface area (Å²) < 4.78 is 5.08. The van der Waals surface area contributed by atoms with Gasteiger partial charge in [0, 0.05) is 10.6 Å². The number of rotatable bonds is 5. The van der Waals surface area contributed by atoms with Crippen LogP contribution in [0.5, 0.6) is 0 Å². The number of halogens is 1. The Morgan fingerprint density at radius 2 is 1.67 bits per heavy atom. The zero-order valence-electron chi connectivity index (χ0n) is 14.9. The number of carbonyl (C=O) groups is 4. The number of benzene rings is 1. The van der Waals surface area contributed by atoms with Gasteiger partial charge in [0.1, 0.15) is 6.04 Å². The van der Waals surface area contributed by atoms with Gasteiger partial charge >= 0.3 is 5.97 Å². The average Bonchev–Trinajstić information content (AvgIpc) is 3.33. The molecule has 6 nitrogen and oxygen atoms in total. The first-order chi connectivity index (χ1) is 12.9. The van der Waals surface area contributed by atoms with Crippen LogP contribution < -0.4 is 0 Å². The van der Waals surface area contributed by atoms with E-state index < -0.39 is 18.6 Å². The molecule has 3 aliphatic rings. The van der Waals surface area contributed by atoms with E-state index in [0.29, 0.717) is 10.6 Å². The second-order valence-corrected chi connectivity index (χ2v) is 8.08. The molecule has 1 aromatic carbocycles. The Morgan fingerprint density at radius 3 is 2.22 bits per heavy atom. The van der Waals surface area contributed by atoms with Crippen molar-refractivity contribution in [3.05, 3.63) is 34.9 Å². The van der Waals surface area contributed by atoms with E-state index in [-0.39, 0.29) is 41.3 Å². The molecule has 0 unspecified atom stereocenters. The number of esters is 1. The summed E-state index contributed by atoms with van der Waals surface area (Å²) in [6.45, 7) is 1.03. The molecule has 3 fully saturated rings. The summed E-state index contributed by atoms with van der Waals surface area (Å²) in [5, 5.41) is 0.503. The highest BCUT2D eigenvalue weighted by Crippen LogP contribution is 2.56. The summed E-state index contributed by atoms with van der Waals surface area (Å²) >= 11 is 5.78. The van der Waals surface area contributed by atoms with Crippen LogP contribution in [0.4, 0.5) is 0 Å². The second-order valence-electron chi connectivity index (χ2n) is 7.65. The molecule has 4 rings (SSSR count). The van der Waals surface area contributed by atoms with Gasteiger partial charge in [-0.05, 0) is 62.3 Å². The molecule has 2 bridgehead atoms. The lowest BCUT2D eigenvalue weighted by molar-refractivity contribution is -0.157. The molecular weight excluding hydrogens is 370 g/mol. The van der Waals surface area contributed by atoms with E-state index in [4.69, 9.17) is 16.3 Å². The van der Waals surface area contributed by atoms with E-state index in [1.807, 2.05) is 0 Å². The average molecular weight is 390 g/mol. The SMILES string of the molecule is C[C@H](C(=O)OCC(=O)c1ccc(Cl)cc1)N1C(=O)[C@@H]2[C@H]3CC[C@@H](C3)[C@H]2C1=O. The van der Waals surface area contributed by atoms with Crippen molar-refractivity contribution in [2.24, 2.45) is 23.7 Å². The second kappa shape index (κ2) is 6.75. The minimum Gasteiger partial charge on any atom is -0.456 e. The van der Waals surface area contributed by atoms with Gasteiger partial charge < -0.3 is 4.74 Å². The summed E-state index contributed by atoms with van der Waals surface area (Å²) in [5.41, 5.74) is 0.374. The van der Waals surface area contributed by atoms with Gasteiger partial charge in [-0.25, -0.2) is 4.79 Å². The number of carbonyl (C=O) groups excluding carboxylic acids is 4. The Kier molecular flexibility index (Phi) is 4.54. The maximum absolute atomic E-state index is 12.7. The highest BCUT2D eigenvalue weighted by molar-refractivity contribution is 6.30.